The number of nitrogens with one attached hydrogen (secondary N) is 1. The Kier molecular flexibility index (Phi) is 8.11. The molecule has 0 fully saturated rings. The highest BCUT2D eigenvalue weighted by molar-refractivity contribution is 9.10. The molecule has 9 nitrogen and oxygen atoms in total. The third kappa shape index (κ3) is 6.06. The van der Waals surface area contributed by atoms with Crippen LogP contribution in [0.3, 0.4) is 0 Å². The van der Waals surface area contributed by atoms with Crippen LogP contribution in [0.15, 0.2) is 81.7 Å². The third-order valence-electron chi connectivity index (χ3n) is 4.82. The molecule has 0 aliphatic rings. The van der Waals surface area contributed by atoms with Crippen LogP contribution in [0.4, 0.5) is 0 Å². The molecule has 35 heavy (non-hydrogen) atoms. The molecule has 0 aliphatic carbocycles. The lowest BCUT2D eigenvalue weighted by Crippen LogP contribution is -2.20. The highest BCUT2D eigenvalue weighted by atomic mass is 79.9. The fraction of sp³-hybridized carbons (Fsp3) is 0.125. The smallest absolute Gasteiger partial charge is 0.250 e. The molecule has 1 amide bonds. The summed E-state index contributed by atoms with van der Waals surface area (Å²) in [5.41, 5.74) is 4.95. The number of rotatable bonds is 9. The molecule has 4 rings (SSSR count). The maximum atomic E-state index is 12.5. The number of methoxy groups -OCH3 is 2. The average Bonchev–Trinajstić information content (AvgIpc) is 3.32. The summed E-state index contributed by atoms with van der Waals surface area (Å²) in [6, 6.07) is 16.8. The van der Waals surface area contributed by atoms with Crippen molar-refractivity contribution >= 4 is 39.8 Å². The number of hydrazone groups is 1. The average molecular weight is 553 g/mol. The molecular formula is C24H21BrN6O3S. The number of carbonyl (C=O) groups is 1. The summed E-state index contributed by atoms with van der Waals surface area (Å²) >= 11 is 4.72. The number of nitrogens with zero attached hydrogens (tertiary/aromatic N) is 5. The molecule has 0 saturated heterocycles. The standard InChI is InChI=1S/C24H21BrN6O3S/c1-33-20-7-8-21(34-2)17(13-20)14-27-28-22(32)15-35-24-30-29-23(16-9-11-26-12-10-16)31(24)19-5-3-18(25)4-6-19/h3-14H,15H2,1-2H3,(H,28,32)/b27-14+. The SMILES string of the molecule is COc1ccc(OC)c(/C=N/NC(=O)CSc2nnc(-c3ccncc3)n2-c2ccc(Br)cc2)c1. The summed E-state index contributed by atoms with van der Waals surface area (Å²) in [6.45, 7) is 0. The summed E-state index contributed by atoms with van der Waals surface area (Å²) in [4.78, 5) is 16.6. The van der Waals surface area contributed by atoms with Crippen molar-refractivity contribution in [2.75, 3.05) is 20.0 Å². The van der Waals surface area contributed by atoms with E-state index in [0.717, 1.165) is 15.7 Å². The zero-order valence-electron chi connectivity index (χ0n) is 18.9. The van der Waals surface area contributed by atoms with Gasteiger partial charge >= 0.3 is 0 Å². The molecule has 0 spiro atoms. The van der Waals surface area contributed by atoms with Crippen LogP contribution in [-0.4, -0.2) is 51.8 Å². The van der Waals surface area contributed by atoms with Crippen LogP contribution >= 0.6 is 27.7 Å². The van der Waals surface area contributed by atoms with Gasteiger partial charge in [0, 0.05) is 33.7 Å². The van der Waals surface area contributed by atoms with Crippen molar-refractivity contribution in [3.63, 3.8) is 0 Å². The van der Waals surface area contributed by atoms with Gasteiger partial charge in [0.1, 0.15) is 11.5 Å². The van der Waals surface area contributed by atoms with Crippen LogP contribution in [0.2, 0.25) is 0 Å². The van der Waals surface area contributed by atoms with E-state index in [0.29, 0.717) is 28.0 Å². The molecule has 0 radical (unpaired) electrons. The first-order valence-corrected chi connectivity index (χ1v) is 12.2. The quantitative estimate of drug-likeness (QED) is 0.187. The van der Waals surface area contributed by atoms with E-state index >= 15 is 0 Å². The van der Waals surface area contributed by atoms with Crippen LogP contribution in [0.1, 0.15) is 5.56 Å². The Morgan fingerprint density at radius 2 is 1.86 bits per heavy atom. The lowest BCUT2D eigenvalue weighted by atomic mass is 10.2. The molecule has 11 heteroatoms. The van der Waals surface area contributed by atoms with E-state index in [-0.39, 0.29) is 11.7 Å². The molecule has 0 unspecified atom stereocenters. The van der Waals surface area contributed by atoms with Gasteiger partial charge in [-0.15, -0.1) is 10.2 Å². The number of ether oxygens (including phenoxy) is 2. The second kappa shape index (κ2) is 11.6. The largest absolute Gasteiger partial charge is 0.497 e. The van der Waals surface area contributed by atoms with Crippen molar-refractivity contribution in [3.8, 4) is 28.6 Å². The zero-order chi connectivity index (χ0) is 24.6. The van der Waals surface area contributed by atoms with Gasteiger partial charge in [0.15, 0.2) is 11.0 Å². The van der Waals surface area contributed by atoms with E-state index in [4.69, 9.17) is 9.47 Å². The summed E-state index contributed by atoms with van der Waals surface area (Å²) in [7, 11) is 3.14. The van der Waals surface area contributed by atoms with Crippen molar-refractivity contribution in [2.24, 2.45) is 5.10 Å². The van der Waals surface area contributed by atoms with Crippen LogP contribution in [-0.2, 0) is 4.79 Å². The normalized spacial score (nSPS) is 10.9. The predicted octanol–water partition coefficient (Wildman–Crippen LogP) is 4.35. The monoisotopic (exact) mass is 552 g/mol. The minimum absolute atomic E-state index is 0.0948. The number of carbonyl (C=O) groups excluding carboxylic acids is 1. The molecule has 0 atom stereocenters. The highest BCUT2D eigenvalue weighted by Gasteiger charge is 2.17. The number of halogens is 1. The number of hydrogen-bond donors (Lipinski definition) is 1. The molecular weight excluding hydrogens is 532 g/mol. The Bertz CT molecular complexity index is 1330. The lowest BCUT2D eigenvalue weighted by molar-refractivity contribution is -0.118. The molecule has 2 aromatic heterocycles. The van der Waals surface area contributed by atoms with Crippen molar-refractivity contribution in [1.82, 2.24) is 25.2 Å². The molecule has 0 aliphatic heterocycles. The summed E-state index contributed by atoms with van der Waals surface area (Å²) in [6.07, 6.45) is 4.91. The van der Waals surface area contributed by atoms with E-state index < -0.39 is 0 Å². The topological polar surface area (TPSA) is 104 Å². The Balaban J connectivity index is 1.49. The van der Waals surface area contributed by atoms with Crippen LogP contribution in [0.5, 0.6) is 11.5 Å². The van der Waals surface area contributed by atoms with Crippen LogP contribution in [0.25, 0.3) is 17.1 Å². The molecule has 4 aromatic rings. The molecule has 0 saturated carbocycles. The summed E-state index contributed by atoms with van der Waals surface area (Å²) in [5, 5.41) is 13.3. The van der Waals surface area contributed by atoms with E-state index in [1.54, 1.807) is 44.8 Å². The lowest BCUT2D eigenvalue weighted by Gasteiger charge is -2.10. The Morgan fingerprint density at radius 1 is 1.09 bits per heavy atom. The Labute approximate surface area is 214 Å². The van der Waals surface area contributed by atoms with E-state index in [1.165, 1.54) is 18.0 Å². The maximum Gasteiger partial charge on any atom is 0.250 e. The van der Waals surface area contributed by atoms with Gasteiger partial charge in [0.25, 0.3) is 5.91 Å². The molecule has 1 N–H and O–H groups in total. The highest BCUT2D eigenvalue weighted by Crippen LogP contribution is 2.28. The molecule has 178 valence electrons. The summed E-state index contributed by atoms with van der Waals surface area (Å²) < 4.78 is 13.4. The van der Waals surface area contributed by atoms with Gasteiger partial charge in [-0.1, -0.05) is 27.7 Å². The van der Waals surface area contributed by atoms with Crippen LogP contribution in [0, 0.1) is 0 Å². The molecule has 0 bridgehead atoms. The van der Waals surface area contributed by atoms with E-state index in [1.807, 2.05) is 41.0 Å². The zero-order valence-corrected chi connectivity index (χ0v) is 21.3. The van der Waals surface area contributed by atoms with Crippen molar-refractivity contribution in [1.29, 1.82) is 0 Å². The number of aromatic nitrogens is 4. The minimum atomic E-state index is -0.288. The molecule has 2 aromatic carbocycles. The van der Waals surface area contributed by atoms with Crippen molar-refractivity contribution in [3.05, 3.63) is 77.0 Å². The predicted molar refractivity (Wildman–Crippen MR) is 138 cm³/mol. The van der Waals surface area contributed by atoms with E-state index in [9.17, 15) is 4.79 Å². The van der Waals surface area contributed by atoms with Gasteiger partial charge in [-0.2, -0.15) is 5.10 Å². The number of benzene rings is 2. The molecule has 2 heterocycles. The maximum absolute atomic E-state index is 12.5. The van der Waals surface area contributed by atoms with Gasteiger partial charge < -0.3 is 9.47 Å². The first-order chi connectivity index (χ1) is 17.1. The van der Waals surface area contributed by atoms with Gasteiger partial charge in [0.2, 0.25) is 0 Å². The second-order valence-corrected chi connectivity index (χ2v) is 8.90. The minimum Gasteiger partial charge on any atom is -0.497 e. The Hall–Kier alpha value is -3.70. The number of hydrogen-bond acceptors (Lipinski definition) is 8. The van der Waals surface area contributed by atoms with Gasteiger partial charge in [0.05, 0.1) is 26.2 Å². The number of thioether (sulfide) groups is 1. The number of amides is 1. The van der Waals surface area contributed by atoms with E-state index in [2.05, 4.69) is 41.6 Å². The first-order valence-electron chi connectivity index (χ1n) is 10.4. The van der Waals surface area contributed by atoms with Crippen LogP contribution < -0.4 is 14.9 Å². The van der Waals surface area contributed by atoms with Crippen molar-refractivity contribution in [2.45, 2.75) is 5.16 Å². The fourth-order valence-electron chi connectivity index (χ4n) is 3.15. The fourth-order valence-corrected chi connectivity index (χ4v) is 4.16. The third-order valence-corrected chi connectivity index (χ3v) is 6.28. The second-order valence-electron chi connectivity index (χ2n) is 7.04. The van der Waals surface area contributed by atoms with Gasteiger partial charge in [-0.3, -0.25) is 14.3 Å². The van der Waals surface area contributed by atoms with Gasteiger partial charge in [-0.25, -0.2) is 5.43 Å². The van der Waals surface area contributed by atoms with Crippen molar-refractivity contribution < 1.29 is 14.3 Å². The first kappa shape index (κ1) is 24.4. The summed E-state index contributed by atoms with van der Waals surface area (Å²) in [5.74, 6) is 1.73. The van der Waals surface area contributed by atoms with Gasteiger partial charge in [-0.05, 0) is 54.6 Å². The number of pyridine rings is 1. The Morgan fingerprint density at radius 3 is 2.57 bits per heavy atom.